The Hall–Kier alpha value is -3.61. The third-order valence-electron chi connectivity index (χ3n) is 4.91. The van der Waals surface area contributed by atoms with Crippen LogP contribution in [0.15, 0.2) is 60.7 Å². The minimum atomic E-state index is -1.37. The van der Waals surface area contributed by atoms with E-state index in [1.54, 1.807) is 18.2 Å². The molecule has 0 spiro atoms. The highest BCUT2D eigenvalue weighted by Crippen LogP contribution is 2.29. The van der Waals surface area contributed by atoms with Crippen LogP contribution < -0.4 is 20.8 Å². The first-order valence-electron chi connectivity index (χ1n) is 9.25. The Morgan fingerprint density at radius 1 is 0.897 bits per heavy atom. The molecule has 7 heteroatoms. The number of carboxylic acid groups (broad SMARTS) is 2. The van der Waals surface area contributed by atoms with Crippen molar-refractivity contribution >= 4 is 29.2 Å². The second kappa shape index (κ2) is 9.05. The molecule has 1 aliphatic rings. The summed E-state index contributed by atoms with van der Waals surface area (Å²) < 4.78 is 0. The highest BCUT2D eigenvalue weighted by Gasteiger charge is 2.30. The minimum Gasteiger partial charge on any atom is -0.550 e. The topological polar surface area (TPSA) is 121 Å². The molecule has 150 valence electrons. The highest BCUT2D eigenvalue weighted by atomic mass is 16.4. The lowest BCUT2D eigenvalue weighted by atomic mass is 9.82. The minimum absolute atomic E-state index is 0.0921. The molecule has 2 aromatic rings. The van der Waals surface area contributed by atoms with Crippen LogP contribution in [0.1, 0.15) is 28.8 Å². The maximum Gasteiger partial charge on any atom is 0.228 e. The number of benzene rings is 2. The van der Waals surface area contributed by atoms with Crippen molar-refractivity contribution in [1.29, 1.82) is 0 Å². The van der Waals surface area contributed by atoms with Crippen LogP contribution in [0.4, 0.5) is 11.4 Å². The standard InChI is InChI=1S/C22H22N2O5/c25-20(16-8-4-5-9-17(16)22(28)29)24-19-12-15(21(26)27)10-11-18(19)23-13-14-6-2-1-3-7-14/h1-7,10-12,16-17,23H,8-9,13H2,(H,24,25)(H,26,27)(H,28,29)/p-2/t16-,17-/m0/s1. The molecule has 29 heavy (non-hydrogen) atoms. The maximum atomic E-state index is 12.8. The van der Waals surface area contributed by atoms with Crippen molar-refractivity contribution in [2.75, 3.05) is 10.6 Å². The van der Waals surface area contributed by atoms with Crippen molar-refractivity contribution in [2.24, 2.45) is 11.8 Å². The van der Waals surface area contributed by atoms with E-state index in [2.05, 4.69) is 10.6 Å². The Labute approximate surface area is 168 Å². The fourth-order valence-electron chi connectivity index (χ4n) is 3.31. The van der Waals surface area contributed by atoms with Gasteiger partial charge < -0.3 is 30.4 Å². The van der Waals surface area contributed by atoms with Gasteiger partial charge >= 0.3 is 0 Å². The molecular weight excluding hydrogens is 372 g/mol. The largest absolute Gasteiger partial charge is 0.550 e. The van der Waals surface area contributed by atoms with E-state index in [1.165, 1.54) is 12.1 Å². The Kier molecular flexibility index (Phi) is 6.29. The number of anilines is 2. The van der Waals surface area contributed by atoms with Crippen LogP contribution in [-0.2, 0) is 16.1 Å². The maximum absolute atomic E-state index is 12.8. The lowest BCUT2D eigenvalue weighted by Crippen LogP contribution is -2.41. The van der Waals surface area contributed by atoms with Crippen molar-refractivity contribution in [3.63, 3.8) is 0 Å². The van der Waals surface area contributed by atoms with Gasteiger partial charge in [-0.2, -0.15) is 0 Å². The number of allylic oxidation sites excluding steroid dienone is 2. The number of hydrogen-bond acceptors (Lipinski definition) is 6. The Morgan fingerprint density at radius 3 is 2.24 bits per heavy atom. The van der Waals surface area contributed by atoms with Crippen LogP contribution in [-0.4, -0.2) is 17.8 Å². The number of carbonyl (C=O) groups excluding carboxylic acids is 3. The van der Waals surface area contributed by atoms with E-state index in [1.807, 2.05) is 30.3 Å². The highest BCUT2D eigenvalue weighted by molar-refractivity contribution is 5.99. The van der Waals surface area contributed by atoms with Crippen LogP contribution in [0.2, 0.25) is 0 Å². The molecule has 0 aliphatic heterocycles. The molecule has 0 saturated heterocycles. The molecule has 0 fully saturated rings. The van der Waals surface area contributed by atoms with Crippen molar-refractivity contribution < 1.29 is 24.6 Å². The van der Waals surface area contributed by atoms with Crippen molar-refractivity contribution in [1.82, 2.24) is 0 Å². The van der Waals surface area contributed by atoms with Gasteiger partial charge in [-0.25, -0.2) is 0 Å². The van der Waals surface area contributed by atoms with Gasteiger partial charge in [-0.15, -0.1) is 0 Å². The average Bonchev–Trinajstić information content (AvgIpc) is 2.73. The van der Waals surface area contributed by atoms with Gasteiger partial charge in [-0.3, -0.25) is 4.79 Å². The number of rotatable bonds is 7. The average molecular weight is 392 g/mol. The molecule has 0 saturated carbocycles. The molecule has 3 rings (SSSR count). The zero-order chi connectivity index (χ0) is 20.8. The molecule has 0 unspecified atom stereocenters. The summed E-state index contributed by atoms with van der Waals surface area (Å²) in [5.74, 6) is -4.87. The summed E-state index contributed by atoms with van der Waals surface area (Å²) in [6.07, 6.45) is 3.97. The van der Waals surface area contributed by atoms with E-state index < -0.39 is 29.7 Å². The van der Waals surface area contributed by atoms with Crippen LogP contribution in [0.25, 0.3) is 0 Å². The molecule has 0 heterocycles. The summed E-state index contributed by atoms with van der Waals surface area (Å²) in [6, 6.07) is 13.8. The Balaban J connectivity index is 1.82. The van der Waals surface area contributed by atoms with Gasteiger partial charge in [0.2, 0.25) is 5.91 Å². The molecule has 0 bridgehead atoms. The van der Waals surface area contributed by atoms with Gasteiger partial charge in [-0.05, 0) is 36.1 Å². The molecule has 2 aromatic carbocycles. The summed E-state index contributed by atoms with van der Waals surface area (Å²) in [7, 11) is 0. The van der Waals surface area contributed by atoms with Gasteiger partial charge in [0, 0.05) is 18.4 Å². The van der Waals surface area contributed by atoms with Crippen LogP contribution >= 0.6 is 0 Å². The zero-order valence-electron chi connectivity index (χ0n) is 15.6. The van der Waals surface area contributed by atoms with Gasteiger partial charge in [-0.1, -0.05) is 48.6 Å². The number of aliphatic carboxylic acids is 1. The predicted octanol–water partition coefficient (Wildman–Crippen LogP) is 0.933. The Morgan fingerprint density at radius 2 is 1.59 bits per heavy atom. The predicted molar refractivity (Wildman–Crippen MR) is 104 cm³/mol. The first-order valence-corrected chi connectivity index (χ1v) is 9.25. The lowest BCUT2D eigenvalue weighted by molar-refractivity contribution is -0.313. The summed E-state index contributed by atoms with van der Waals surface area (Å²) in [5, 5.41) is 28.4. The van der Waals surface area contributed by atoms with Crippen LogP contribution in [0, 0.1) is 11.8 Å². The molecule has 2 N–H and O–H groups in total. The molecule has 1 aliphatic carbocycles. The van der Waals surface area contributed by atoms with E-state index in [0.717, 1.165) is 5.56 Å². The molecule has 1 amide bonds. The Bertz CT molecular complexity index is 939. The molecule has 0 aromatic heterocycles. The summed E-state index contributed by atoms with van der Waals surface area (Å²) in [5.41, 5.74) is 1.68. The number of hydrogen-bond donors (Lipinski definition) is 2. The lowest BCUT2D eigenvalue weighted by Gasteiger charge is -2.28. The van der Waals surface area contributed by atoms with Crippen LogP contribution in [0.5, 0.6) is 0 Å². The first-order chi connectivity index (χ1) is 14.0. The number of carboxylic acids is 2. The fourth-order valence-corrected chi connectivity index (χ4v) is 3.31. The number of aromatic carboxylic acids is 1. The van der Waals surface area contributed by atoms with Crippen LogP contribution in [0.3, 0.4) is 0 Å². The zero-order valence-corrected chi connectivity index (χ0v) is 15.6. The van der Waals surface area contributed by atoms with Gasteiger partial charge in [0.1, 0.15) is 0 Å². The van der Waals surface area contributed by atoms with E-state index >= 15 is 0 Å². The van der Waals surface area contributed by atoms with Gasteiger partial charge in [0.15, 0.2) is 0 Å². The number of nitrogens with one attached hydrogen (secondary N) is 2. The van der Waals surface area contributed by atoms with Crippen molar-refractivity contribution in [2.45, 2.75) is 19.4 Å². The van der Waals surface area contributed by atoms with Gasteiger partial charge in [0.25, 0.3) is 0 Å². The summed E-state index contributed by atoms with van der Waals surface area (Å²) >= 11 is 0. The molecule has 2 atom stereocenters. The normalized spacial score (nSPS) is 18.1. The first kappa shape index (κ1) is 20.1. The van der Waals surface area contributed by atoms with E-state index in [-0.39, 0.29) is 24.1 Å². The van der Waals surface area contributed by atoms with Crippen molar-refractivity contribution in [3.8, 4) is 0 Å². The monoisotopic (exact) mass is 392 g/mol. The quantitative estimate of drug-likeness (QED) is 0.676. The van der Waals surface area contributed by atoms with Gasteiger partial charge in [0.05, 0.1) is 23.3 Å². The second-order valence-electron chi connectivity index (χ2n) is 6.85. The smallest absolute Gasteiger partial charge is 0.228 e. The summed E-state index contributed by atoms with van der Waals surface area (Å²) in [4.78, 5) is 35.4. The molecule has 7 nitrogen and oxygen atoms in total. The molecule has 0 radical (unpaired) electrons. The summed E-state index contributed by atoms with van der Waals surface area (Å²) in [6.45, 7) is 0.461. The van der Waals surface area contributed by atoms with E-state index in [4.69, 9.17) is 0 Å². The molecular formula is C22H20N2O5-2. The third-order valence-corrected chi connectivity index (χ3v) is 4.91. The SMILES string of the molecule is O=C([O-])c1ccc(NCc2ccccc2)c(NC(=O)[C@H]2CC=CC[C@@H]2C(=O)[O-])c1. The second-order valence-corrected chi connectivity index (χ2v) is 6.85. The number of carbonyl (C=O) groups is 3. The fraction of sp³-hybridized carbons (Fsp3) is 0.227. The number of amides is 1. The van der Waals surface area contributed by atoms with E-state index in [0.29, 0.717) is 12.2 Å². The van der Waals surface area contributed by atoms with Crippen molar-refractivity contribution in [3.05, 3.63) is 71.8 Å². The van der Waals surface area contributed by atoms with E-state index in [9.17, 15) is 24.6 Å². The third kappa shape index (κ3) is 5.01.